The van der Waals surface area contributed by atoms with Crippen molar-refractivity contribution in [2.24, 2.45) is 0 Å². The van der Waals surface area contributed by atoms with Crippen LogP contribution in [0.4, 0.5) is 0 Å². The summed E-state index contributed by atoms with van der Waals surface area (Å²) in [7, 11) is 0. The van der Waals surface area contributed by atoms with Crippen LogP contribution in [0, 0.1) is 0 Å². The highest BCUT2D eigenvalue weighted by Gasteiger charge is 2.24. The summed E-state index contributed by atoms with van der Waals surface area (Å²) in [6.07, 6.45) is 3.58. The highest BCUT2D eigenvalue weighted by Crippen LogP contribution is 2.48. The van der Waals surface area contributed by atoms with Crippen molar-refractivity contribution in [3.63, 3.8) is 0 Å². The van der Waals surface area contributed by atoms with Gasteiger partial charge in [-0.05, 0) is 63.4 Å². The summed E-state index contributed by atoms with van der Waals surface area (Å²) >= 11 is 0. The van der Waals surface area contributed by atoms with Crippen molar-refractivity contribution >= 4 is 54.6 Å². The molecule has 1 aliphatic rings. The Labute approximate surface area is 273 Å². The van der Waals surface area contributed by atoms with Crippen LogP contribution in [0.15, 0.2) is 143 Å². The zero-order chi connectivity index (χ0) is 31.3. The van der Waals surface area contributed by atoms with Gasteiger partial charge in [-0.2, -0.15) is 0 Å². The Morgan fingerprint density at radius 3 is 1.77 bits per heavy atom. The van der Waals surface area contributed by atoms with E-state index in [1.165, 1.54) is 33.0 Å². The lowest BCUT2D eigenvalue weighted by atomic mass is 10.0. The predicted molar refractivity (Wildman–Crippen MR) is 190 cm³/mol. The molecule has 0 amide bonds. The van der Waals surface area contributed by atoms with Gasteiger partial charge in [0.1, 0.15) is 22.3 Å². The van der Waals surface area contributed by atoms with Crippen LogP contribution in [-0.4, -0.2) is 19.9 Å². The zero-order valence-corrected chi connectivity index (χ0v) is 25.3. The van der Waals surface area contributed by atoms with E-state index in [1.807, 2.05) is 60.8 Å². The molecule has 0 saturated heterocycles. The van der Waals surface area contributed by atoms with Gasteiger partial charge >= 0.3 is 0 Å². The minimum Gasteiger partial charge on any atom is -0.456 e. The molecule has 0 unspecified atom stereocenters. The minimum absolute atomic E-state index is 0.558. The van der Waals surface area contributed by atoms with E-state index in [1.54, 1.807) is 6.20 Å². The molecule has 48 heavy (non-hydrogen) atoms. The summed E-state index contributed by atoms with van der Waals surface area (Å²) in [6.45, 7) is 0. The van der Waals surface area contributed by atoms with Crippen LogP contribution in [0.2, 0.25) is 0 Å². The van der Waals surface area contributed by atoms with E-state index < -0.39 is 0 Å². The Balaban J connectivity index is 1.20. The smallest absolute Gasteiger partial charge is 0.164 e. The van der Waals surface area contributed by atoms with E-state index >= 15 is 0 Å². The number of furan rings is 2. The molecular weight excluding hydrogens is 592 g/mol. The van der Waals surface area contributed by atoms with Gasteiger partial charge in [0.2, 0.25) is 0 Å². The molecule has 10 aromatic rings. The Bertz CT molecular complexity index is 2840. The van der Waals surface area contributed by atoms with E-state index in [2.05, 4.69) is 71.7 Å². The lowest BCUT2D eigenvalue weighted by Crippen LogP contribution is -2.01. The van der Waals surface area contributed by atoms with E-state index in [0.717, 1.165) is 60.6 Å². The van der Waals surface area contributed by atoms with Crippen molar-refractivity contribution in [2.45, 2.75) is 0 Å². The monoisotopic (exact) mass is 614 g/mol. The van der Waals surface area contributed by atoms with Crippen molar-refractivity contribution in [1.82, 2.24) is 19.9 Å². The molecule has 0 aliphatic heterocycles. The van der Waals surface area contributed by atoms with Crippen LogP contribution in [-0.2, 0) is 0 Å². The molecule has 4 aromatic heterocycles. The number of rotatable bonds is 3. The van der Waals surface area contributed by atoms with Crippen molar-refractivity contribution in [3.8, 4) is 56.4 Å². The number of fused-ring (bicyclic) bond motifs is 9. The maximum absolute atomic E-state index is 6.26. The van der Waals surface area contributed by atoms with E-state index in [4.69, 9.17) is 23.8 Å². The third-order valence-corrected chi connectivity index (χ3v) is 9.58. The van der Waals surface area contributed by atoms with Crippen LogP contribution in [0.1, 0.15) is 0 Å². The number of benzene rings is 6. The molecule has 0 spiro atoms. The van der Waals surface area contributed by atoms with Crippen LogP contribution in [0.25, 0.3) is 111 Å². The van der Waals surface area contributed by atoms with Crippen LogP contribution >= 0.6 is 0 Å². The number of hydrogen-bond donors (Lipinski definition) is 0. The second-order valence-corrected chi connectivity index (χ2v) is 12.2. The standard InChI is InChI=1S/C42H22N4O2/c1-2-14-33-28(9-1)38-29(12-5-15-35(38)47-33)41-44-40(24-17-18-25-26-10-3-7-23-8-4-11-27(37(23)26)31(25)21-24)45-42(46-41)30-13-6-16-36-39(30)32-22-43-20-19-34(32)48-36/h1-22H. The van der Waals surface area contributed by atoms with Gasteiger partial charge < -0.3 is 8.83 Å². The van der Waals surface area contributed by atoms with Gasteiger partial charge in [0.25, 0.3) is 0 Å². The number of aromatic nitrogens is 4. The molecule has 0 fully saturated rings. The molecule has 6 heteroatoms. The molecule has 0 bridgehead atoms. The average molecular weight is 615 g/mol. The largest absolute Gasteiger partial charge is 0.456 e. The van der Waals surface area contributed by atoms with Gasteiger partial charge in [-0.25, -0.2) is 15.0 Å². The molecule has 0 radical (unpaired) electrons. The summed E-state index contributed by atoms with van der Waals surface area (Å²) in [4.78, 5) is 20.0. The summed E-state index contributed by atoms with van der Waals surface area (Å²) in [5.74, 6) is 1.72. The van der Waals surface area contributed by atoms with Gasteiger partial charge in [-0.3, -0.25) is 4.98 Å². The molecule has 6 nitrogen and oxygen atoms in total. The van der Waals surface area contributed by atoms with E-state index in [9.17, 15) is 0 Å². The molecule has 11 rings (SSSR count). The third kappa shape index (κ3) is 3.51. The van der Waals surface area contributed by atoms with Crippen LogP contribution in [0.3, 0.4) is 0 Å². The first-order chi connectivity index (χ1) is 23.8. The summed E-state index contributed by atoms with van der Waals surface area (Å²) in [5, 5.41) is 6.36. The Morgan fingerprint density at radius 2 is 1.00 bits per heavy atom. The first-order valence-corrected chi connectivity index (χ1v) is 15.9. The SMILES string of the molecule is c1cc2c3c(cccc3c1)-c1cc(-c3nc(-c4cccc5oc6ccccc6c45)nc(-c4cccc5oc6ccncc6c45)n3)ccc1-2. The molecule has 4 heterocycles. The summed E-state index contributed by atoms with van der Waals surface area (Å²) < 4.78 is 12.5. The van der Waals surface area contributed by atoms with E-state index in [-0.39, 0.29) is 0 Å². The topological polar surface area (TPSA) is 77.8 Å². The summed E-state index contributed by atoms with van der Waals surface area (Å²) in [5.41, 5.74) is 10.7. The fourth-order valence-electron chi connectivity index (χ4n) is 7.50. The number of hydrogen-bond acceptors (Lipinski definition) is 6. The molecule has 6 aromatic carbocycles. The van der Waals surface area contributed by atoms with Gasteiger partial charge in [0.05, 0.1) is 0 Å². The van der Waals surface area contributed by atoms with Gasteiger partial charge in [0.15, 0.2) is 17.5 Å². The second kappa shape index (κ2) is 9.44. The van der Waals surface area contributed by atoms with Crippen molar-refractivity contribution in [1.29, 1.82) is 0 Å². The fourth-order valence-corrected chi connectivity index (χ4v) is 7.50. The lowest BCUT2D eigenvalue weighted by Gasteiger charge is -2.11. The van der Waals surface area contributed by atoms with Gasteiger partial charge in [-0.1, -0.05) is 91.0 Å². The lowest BCUT2D eigenvalue weighted by molar-refractivity contribution is 0.668. The Kier molecular flexibility index (Phi) is 5.02. The average Bonchev–Trinajstić information content (AvgIpc) is 3.82. The molecule has 0 atom stereocenters. The Hall–Kier alpha value is -6.66. The Morgan fingerprint density at radius 1 is 0.396 bits per heavy atom. The van der Waals surface area contributed by atoms with Crippen molar-refractivity contribution in [2.75, 3.05) is 0 Å². The molecular formula is C42H22N4O2. The molecule has 222 valence electrons. The normalized spacial score (nSPS) is 12.2. The second-order valence-electron chi connectivity index (χ2n) is 12.2. The fraction of sp³-hybridized carbons (Fsp3) is 0. The molecule has 0 N–H and O–H groups in total. The first-order valence-electron chi connectivity index (χ1n) is 15.9. The minimum atomic E-state index is 0.558. The van der Waals surface area contributed by atoms with Gasteiger partial charge in [0, 0.05) is 50.6 Å². The maximum Gasteiger partial charge on any atom is 0.164 e. The number of para-hydroxylation sites is 1. The van der Waals surface area contributed by atoms with Crippen molar-refractivity contribution < 1.29 is 8.83 Å². The van der Waals surface area contributed by atoms with Crippen LogP contribution in [0.5, 0.6) is 0 Å². The van der Waals surface area contributed by atoms with E-state index in [0.29, 0.717) is 17.5 Å². The zero-order valence-electron chi connectivity index (χ0n) is 25.3. The number of nitrogens with zero attached hydrogens (tertiary/aromatic N) is 4. The third-order valence-electron chi connectivity index (χ3n) is 9.58. The number of pyridine rings is 1. The highest BCUT2D eigenvalue weighted by molar-refractivity contribution is 6.16. The molecule has 1 aliphatic carbocycles. The predicted octanol–water partition coefficient (Wildman–Crippen LogP) is 10.9. The van der Waals surface area contributed by atoms with Crippen molar-refractivity contribution in [3.05, 3.63) is 134 Å². The first kappa shape index (κ1) is 25.5. The quantitative estimate of drug-likeness (QED) is 0.197. The summed E-state index contributed by atoms with van der Waals surface area (Å²) in [6, 6.07) is 41.6. The van der Waals surface area contributed by atoms with Crippen LogP contribution < -0.4 is 0 Å². The molecule has 0 saturated carbocycles. The maximum atomic E-state index is 6.26. The highest BCUT2D eigenvalue weighted by atomic mass is 16.3. The van der Waals surface area contributed by atoms with Gasteiger partial charge in [-0.15, -0.1) is 0 Å².